The summed E-state index contributed by atoms with van der Waals surface area (Å²) in [5.74, 6) is 0.401. The number of hydrogen-bond donors (Lipinski definition) is 1. The maximum Gasteiger partial charge on any atom is 0.246 e. The fourth-order valence-corrected chi connectivity index (χ4v) is 5.71. The second kappa shape index (κ2) is 10.6. The van der Waals surface area contributed by atoms with E-state index in [1.165, 1.54) is 24.2 Å². The molecule has 2 amide bonds. The highest BCUT2D eigenvalue weighted by molar-refractivity contribution is 7.99. The molecule has 3 aromatic carbocycles. The number of rotatable bonds is 7. The maximum absolute atomic E-state index is 13.8. The predicted octanol–water partition coefficient (Wildman–Crippen LogP) is 4.63. The van der Waals surface area contributed by atoms with E-state index in [2.05, 4.69) is 12.1 Å². The van der Waals surface area contributed by atoms with Crippen LogP contribution in [0, 0.1) is 0 Å². The van der Waals surface area contributed by atoms with E-state index in [0.717, 1.165) is 12.0 Å². The number of phenols is 1. The SMILES string of the molecule is CC(=O)N1[C@@H](C(=O)N(CCc2ccccc2)Cc2ccccc2)CS[C@H]1c1ccccc1O. The third-order valence-corrected chi connectivity index (χ3v) is 7.20. The first kappa shape index (κ1) is 22.9. The summed E-state index contributed by atoms with van der Waals surface area (Å²) in [6, 6.07) is 26.5. The molecule has 0 aliphatic carbocycles. The third-order valence-electron chi connectivity index (χ3n) is 5.89. The molecule has 1 aliphatic rings. The van der Waals surface area contributed by atoms with Crippen molar-refractivity contribution in [3.05, 3.63) is 102 Å². The molecule has 0 spiro atoms. The molecule has 33 heavy (non-hydrogen) atoms. The predicted molar refractivity (Wildman–Crippen MR) is 132 cm³/mol. The zero-order valence-electron chi connectivity index (χ0n) is 18.6. The van der Waals surface area contributed by atoms with Crippen molar-refractivity contribution in [2.24, 2.45) is 0 Å². The third kappa shape index (κ3) is 5.40. The van der Waals surface area contributed by atoms with Gasteiger partial charge in [-0.15, -0.1) is 11.8 Å². The standard InChI is InChI=1S/C27H28N2O3S/c1-20(30)29-24(19-33-27(29)23-14-8-9-15-25(23)31)26(32)28(18-22-12-6-3-7-13-22)17-16-21-10-4-2-5-11-21/h2-15,24,27,31H,16-19H2,1H3/t24-,27+/m1/s1. The van der Waals surface area contributed by atoms with E-state index >= 15 is 0 Å². The van der Waals surface area contributed by atoms with Gasteiger partial charge in [-0.05, 0) is 23.6 Å². The lowest BCUT2D eigenvalue weighted by Crippen LogP contribution is -2.49. The van der Waals surface area contributed by atoms with Gasteiger partial charge in [-0.25, -0.2) is 0 Å². The number of benzene rings is 3. The Kier molecular flexibility index (Phi) is 7.35. The average molecular weight is 461 g/mol. The summed E-state index contributed by atoms with van der Waals surface area (Å²) in [6.45, 7) is 2.54. The summed E-state index contributed by atoms with van der Waals surface area (Å²) in [6.07, 6.45) is 0.738. The maximum atomic E-state index is 13.8. The van der Waals surface area contributed by atoms with Gasteiger partial charge in [0.25, 0.3) is 0 Å². The summed E-state index contributed by atoms with van der Waals surface area (Å²) in [4.78, 5) is 30.0. The van der Waals surface area contributed by atoms with Crippen LogP contribution in [0.2, 0.25) is 0 Å². The number of thioether (sulfide) groups is 1. The fourth-order valence-electron chi connectivity index (χ4n) is 4.21. The number of nitrogens with zero attached hydrogens (tertiary/aromatic N) is 2. The minimum atomic E-state index is -0.573. The number of aromatic hydroxyl groups is 1. The lowest BCUT2D eigenvalue weighted by atomic mass is 10.1. The zero-order valence-corrected chi connectivity index (χ0v) is 19.4. The molecule has 0 radical (unpaired) electrons. The molecule has 4 rings (SSSR count). The number of amides is 2. The van der Waals surface area contributed by atoms with Crippen LogP contribution in [-0.4, -0.2) is 45.1 Å². The number of hydrogen-bond acceptors (Lipinski definition) is 4. The van der Waals surface area contributed by atoms with E-state index in [0.29, 0.717) is 24.4 Å². The van der Waals surface area contributed by atoms with Crippen LogP contribution in [0.5, 0.6) is 5.75 Å². The highest BCUT2D eigenvalue weighted by atomic mass is 32.2. The Morgan fingerprint density at radius 2 is 1.55 bits per heavy atom. The lowest BCUT2D eigenvalue weighted by Gasteiger charge is -2.32. The number of carbonyl (C=O) groups is 2. The first-order valence-electron chi connectivity index (χ1n) is 11.1. The van der Waals surface area contributed by atoms with E-state index in [9.17, 15) is 14.7 Å². The Morgan fingerprint density at radius 3 is 2.18 bits per heavy atom. The summed E-state index contributed by atoms with van der Waals surface area (Å²) in [7, 11) is 0. The molecule has 6 heteroatoms. The lowest BCUT2D eigenvalue weighted by molar-refractivity contribution is -0.144. The number of carbonyl (C=O) groups excluding carboxylic acids is 2. The quantitative estimate of drug-likeness (QED) is 0.559. The van der Waals surface area contributed by atoms with E-state index in [1.807, 2.05) is 65.6 Å². The molecule has 170 valence electrons. The van der Waals surface area contributed by atoms with Crippen LogP contribution in [-0.2, 0) is 22.6 Å². The van der Waals surface area contributed by atoms with E-state index in [1.54, 1.807) is 17.0 Å². The van der Waals surface area contributed by atoms with Crippen LogP contribution in [0.15, 0.2) is 84.9 Å². The zero-order chi connectivity index (χ0) is 23.2. The van der Waals surface area contributed by atoms with Crippen molar-refractivity contribution in [3.8, 4) is 5.75 Å². The van der Waals surface area contributed by atoms with Crippen molar-refractivity contribution in [1.29, 1.82) is 0 Å². The topological polar surface area (TPSA) is 60.9 Å². The minimum Gasteiger partial charge on any atom is -0.508 e. The molecule has 1 saturated heterocycles. The molecule has 3 aromatic rings. The van der Waals surface area contributed by atoms with Crippen molar-refractivity contribution in [3.63, 3.8) is 0 Å². The van der Waals surface area contributed by atoms with E-state index in [-0.39, 0.29) is 22.9 Å². The normalized spacial score (nSPS) is 17.7. The van der Waals surface area contributed by atoms with Crippen molar-refractivity contribution in [1.82, 2.24) is 9.80 Å². The smallest absolute Gasteiger partial charge is 0.246 e. The Hall–Kier alpha value is -3.25. The second-order valence-electron chi connectivity index (χ2n) is 8.17. The van der Waals surface area contributed by atoms with Crippen molar-refractivity contribution in [2.45, 2.75) is 31.3 Å². The van der Waals surface area contributed by atoms with E-state index in [4.69, 9.17) is 0 Å². The highest BCUT2D eigenvalue weighted by Gasteiger charge is 2.43. The Balaban J connectivity index is 1.58. The molecule has 1 aliphatic heterocycles. The van der Waals surface area contributed by atoms with Crippen LogP contribution < -0.4 is 0 Å². The molecule has 0 aromatic heterocycles. The van der Waals surface area contributed by atoms with Gasteiger partial charge in [-0.3, -0.25) is 9.59 Å². The van der Waals surface area contributed by atoms with Gasteiger partial charge < -0.3 is 14.9 Å². The molecular formula is C27H28N2O3S. The Bertz CT molecular complexity index is 1090. The van der Waals surface area contributed by atoms with Gasteiger partial charge in [0.2, 0.25) is 11.8 Å². The van der Waals surface area contributed by atoms with Crippen LogP contribution in [0.25, 0.3) is 0 Å². The fraction of sp³-hybridized carbons (Fsp3) is 0.259. The highest BCUT2D eigenvalue weighted by Crippen LogP contribution is 2.44. The summed E-state index contributed by atoms with van der Waals surface area (Å²) >= 11 is 1.52. The van der Waals surface area contributed by atoms with Crippen LogP contribution in [0.3, 0.4) is 0 Å². The van der Waals surface area contributed by atoms with Gasteiger partial charge in [-0.1, -0.05) is 78.9 Å². The van der Waals surface area contributed by atoms with Gasteiger partial charge in [0.1, 0.15) is 17.2 Å². The van der Waals surface area contributed by atoms with Crippen LogP contribution in [0.4, 0.5) is 0 Å². The van der Waals surface area contributed by atoms with Crippen LogP contribution in [0.1, 0.15) is 29.0 Å². The molecule has 1 fully saturated rings. The summed E-state index contributed by atoms with van der Waals surface area (Å²) in [5, 5.41) is 9.98. The van der Waals surface area contributed by atoms with E-state index < -0.39 is 6.04 Å². The Labute approximate surface area is 199 Å². The minimum absolute atomic E-state index is 0.0598. The van der Waals surface area contributed by atoms with Gasteiger partial charge in [-0.2, -0.15) is 0 Å². The van der Waals surface area contributed by atoms with Crippen molar-refractivity contribution >= 4 is 23.6 Å². The molecular weight excluding hydrogens is 432 g/mol. The molecule has 1 heterocycles. The van der Waals surface area contributed by atoms with Gasteiger partial charge >= 0.3 is 0 Å². The average Bonchev–Trinajstić information content (AvgIpc) is 3.28. The van der Waals surface area contributed by atoms with Gasteiger partial charge in [0, 0.05) is 31.3 Å². The first-order chi connectivity index (χ1) is 16.0. The summed E-state index contributed by atoms with van der Waals surface area (Å²) < 4.78 is 0. The van der Waals surface area contributed by atoms with Crippen molar-refractivity contribution < 1.29 is 14.7 Å². The molecule has 0 saturated carbocycles. The monoisotopic (exact) mass is 460 g/mol. The molecule has 5 nitrogen and oxygen atoms in total. The molecule has 1 N–H and O–H groups in total. The summed E-state index contributed by atoms with van der Waals surface area (Å²) in [5.41, 5.74) is 2.88. The van der Waals surface area contributed by atoms with Crippen LogP contribution >= 0.6 is 11.8 Å². The van der Waals surface area contributed by atoms with Crippen molar-refractivity contribution in [2.75, 3.05) is 12.3 Å². The van der Waals surface area contributed by atoms with Gasteiger partial charge in [0.15, 0.2) is 0 Å². The Morgan fingerprint density at radius 1 is 0.939 bits per heavy atom. The first-order valence-corrected chi connectivity index (χ1v) is 12.1. The van der Waals surface area contributed by atoms with Gasteiger partial charge in [0.05, 0.1) is 0 Å². The largest absolute Gasteiger partial charge is 0.508 e. The molecule has 0 unspecified atom stereocenters. The molecule has 0 bridgehead atoms. The number of para-hydroxylation sites is 1. The second-order valence-corrected chi connectivity index (χ2v) is 9.28. The number of phenolic OH excluding ortho intramolecular Hbond substituents is 1. The molecule has 2 atom stereocenters.